The molecule has 3 N–H and O–H groups in total. The zero-order valence-corrected chi connectivity index (χ0v) is 8.75. The molecule has 1 aliphatic rings. The van der Waals surface area contributed by atoms with E-state index < -0.39 is 0 Å². The van der Waals surface area contributed by atoms with Gasteiger partial charge in [0, 0.05) is 19.7 Å². The summed E-state index contributed by atoms with van der Waals surface area (Å²) in [5.74, 6) is 1.00. The molecule has 0 heterocycles. The number of carbonyl (C=O) groups excluding carboxylic acids is 1. The average molecular weight is 200 g/mol. The van der Waals surface area contributed by atoms with Gasteiger partial charge in [0.25, 0.3) is 0 Å². The highest BCUT2D eigenvalue weighted by molar-refractivity contribution is 5.77. The summed E-state index contributed by atoms with van der Waals surface area (Å²) in [5, 5.41) is 14.6. The molecule has 0 aromatic carbocycles. The number of aliphatic hydroxyl groups is 1. The molecule has 82 valence electrons. The highest BCUT2D eigenvalue weighted by Gasteiger charge is 2.21. The third-order valence-electron chi connectivity index (χ3n) is 2.37. The maximum Gasteiger partial charge on any atom is 0.233 e. The first-order valence-corrected chi connectivity index (χ1v) is 5.30. The van der Waals surface area contributed by atoms with Gasteiger partial charge in [0.2, 0.25) is 5.91 Å². The summed E-state index contributed by atoms with van der Waals surface area (Å²) < 4.78 is 0. The molecule has 0 bridgehead atoms. The molecule has 1 atom stereocenters. The molecule has 4 nitrogen and oxygen atoms in total. The second-order valence-corrected chi connectivity index (χ2v) is 4.17. The average Bonchev–Trinajstić information content (AvgIpc) is 2.98. The van der Waals surface area contributed by atoms with Crippen LogP contribution in [0.5, 0.6) is 0 Å². The van der Waals surface area contributed by atoms with E-state index in [2.05, 4.69) is 10.6 Å². The molecule has 0 aromatic rings. The van der Waals surface area contributed by atoms with Crippen molar-refractivity contribution in [1.29, 1.82) is 0 Å². The number of amides is 1. The maximum absolute atomic E-state index is 11.2. The number of hydrogen-bond acceptors (Lipinski definition) is 3. The van der Waals surface area contributed by atoms with Gasteiger partial charge in [-0.15, -0.1) is 0 Å². The van der Waals surface area contributed by atoms with Crippen molar-refractivity contribution in [3.8, 4) is 0 Å². The molecule has 0 aliphatic heterocycles. The van der Waals surface area contributed by atoms with Crippen molar-refractivity contribution in [3.63, 3.8) is 0 Å². The molecule has 4 heteroatoms. The van der Waals surface area contributed by atoms with Gasteiger partial charge in [0.15, 0.2) is 0 Å². The van der Waals surface area contributed by atoms with Gasteiger partial charge in [-0.1, -0.05) is 6.92 Å². The van der Waals surface area contributed by atoms with Gasteiger partial charge >= 0.3 is 0 Å². The highest BCUT2D eigenvalue weighted by atomic mass is 16.3. The van der Waals surface area contributed by atoms with E-state index in [1.165, 1.54) is 12.8 Å². The molecule has 1 aliphatic carbocycles. The van der Waals surface area contributed by atoms with Crippen LogP contribution in [0, 0.1) is 11.8 Å². The summed E-state index contributed by atoms with van der Waals surface area (Å²) in [6.45, 7) is 3.98. The lowest BCUT2D eigenvalue weighted by Crippen LogP contribution is -2.36. The molecular weight excluding hydrogens is 180 g/mol. The summed E-state index contributed by atoms with van der Waals surface area (Å²) in [7, 11) is 0. The Morgan fingerprint density at radius 1 is 1.57 bits per heavy atom. The fourth-order valence-electron chi connectivity index (χ4n) is 1.14. The van der Waals surface area contributed by atoms with Crippen molar-refractivity contribution in [2.24, 2.45) is 11.8 Å². The van der Waals surface area contributed by atoms with E-state index in [4.69, 9.17) is 5.11 Å². The molecule has 1 amide bonds. The van der Waals surface area contributed by atoms with Gasteiger partial charge in [-0.3, -0.25) is 4.79 Å². The number of nitrogens with one attached hydrogen (secondary N) is 2. The zero-order chi connectivity index (χ0) is 10.4. The molecule has 1 unspecified atom stereocenters. The summed E-state index contributed by atoms with van der Waals surface area (Å²) in [5.41, 5.74) is 0. The van der Waals surface area contributed by atoms with Crippen molar-refractivity contribution in [2.45, 2.75) is 19.8 Å². The van der Waals surface area contributed by atoms with E-state index in [-0.39, 0.29) is 18.4 Å². The Morgan fingerprint density at radius 3 is 2.86 bits per heavy atom. The van der Waals surface area contributed by atoms with Crippen molar-refractivity contribution in [1.82, 2.24) is 10.6 Å². The number of carbonyl (C=O) groups is 1. The van der Waals surface area contributed by atoms with E-state index >= 15 is 0 Å². The maximum atomic E-state index is 11.2. The second-order valence-electron chi connectivity index (χ2n) is 4.17. The molecule has 1 rings (SSSR count). The fourth-order valence-corrected chi connectivity index (χ4v) is 1.14. The van der Waals surface area contributed by atoms with Crippen LogP contribution >= 0.6 is 0 Å². The van der Waals surface area contributed by atoms with Crippen LogP contribution in [-0.4, -0.2) is 37.3 Å². The minimum Gasteiger partial charge on any atom is -0.396 e. The Morgan fingerprint density at radius 2 is 2.29 bits per heavy atom. The summed E-state index contributed by atoms with van der Waals surface area (Å²) in [6, 6.07) is 0. The van der Waals surface area contributed by atoms with E-state index in [1.54, 1.807) is 0 Å². The van der Waals surface area contributed by atoms with Crippen LogP contribution in [0.4, 0.5) is 0 Å². The predicted octanol–water partition coefficient (Wildman–Crippen LogP) is -0.269. The van der Waals surface area contributed by atoms with E-state index in [0.717, 1.165) is 12.5 Å². The van der Waals surface area contributed by atoms with E-state index in [0.29, 0.717) is 13.1 Å². The quantitative estimate of drug-likeness (QED) is 0.530. The van der Waals surface area contributed by atoms with Crippen LogP contribution in [0.1, 0.15) is 19.8 Å². The first-order valence-electron chi connectivity index (χ1n) is 5.30. The lowest BCUT2D eigenvalue weighted by Gasteiger charge is -2.09. The normalized spacial score (nSPS) is 17.9. The lowest BCUT2D eigenvalue weighted by atomic mass is 10.2. The second kappa shape index (κ2) is 5.98. The highest BCUT2D eigenvalue weighted by Crippen LogP contribution is 2.27. The van der Waals surface area contributed by atoms with Crippen LogP contribution in [0.25, 0.3) is 0 Å². The molecule has 1 saturated carbocycles. The first kappa shape index (κ1) is 11.5. The van der Waals surface area contributed by atoms with Gasteiger partial charge in [0.05, 0.1) is 6.54 Å². The van der Waals surface area contributed by atoms with Crippen molar-refractivity contribution in [2.75, 3.05) is 26.2 Å². The third kappa shape index (κ3) is 5.19. The van der Waals surface area contributed by atoms with Crippen molar-refractivity contribution >= 4 is 5.91 Å². The van der Waals surface area contributed by atoms with Gasteiger partial charge in [-0.25, -0.2) is 0 Å². The van der Waals surface area contributed by atoms with Gasteiger partial charge in [-0.05, 0) is 24.7 Å². The first-order chi connectivity index (χ1) is 6.72. The Labute approximate surface area is 85.1 Å². The Hall–Kier alpha value is -0.610. The van der Waals surface area contributed by atoms with Gasteiger partial charge in [-0.2, -0.15) is 0 Å². The van der Waals surface area contributed by atoms with E-state index in [9.17, 15) is 4.79 Å². The van der Waals surface area contributed by atoms with Crippen LogP contribution < -0.4 is 10.6 Å². The number of rotatable bonds is 7. The Bertz CT molecular complexity index is 181. The van der Waals surface area contributed by atoms with Gasteiger partial charge in [0.1, 0.15) is 0 Å². The van der Waals surface area contributed by atoms with Crippen molar-refractivity contribution in [3.05, 3.63) is 0 Å². The molecule has 0 radical (unpaired) electrons. The monoisotopic (exact) mass is 200 g/mol. The Kier molecular flexibility index (Phi) is 4.90. The van der Waals surface area contributed by atoms with Crippen LogP contribution in [0.2, 0.25) is 0 Å². The molecule has 0 saturated heterocycles. The Balaban J connectivity index is 1.91. The predicted molar refractivity (Wildman–Crippen MR) is 54.9 cm³/mol. The smallest absolute Gasteiger partial charge is 0.233 e. The van der Waals surface area contributed by atoms with Crippen LogP contribution in [0.3, 0.4) is 0 Å². The summed E-state index contributed by atoms with van der Waals surface area (Å²) >= 11 is 0. The summed E-state index contributed by atoms with van der Waals surface area (Å²) in [4.78, 5) is 11.2. The number of hydrogen-bond donors (Lipinski definition) is 3. The molecular formula is C10H20N2O2. The molecule has 0 aromatic heterocycles. The summed E-state index contributed by atoms with van der Waals surface area (Å²) in [6.07, 6.45) is 2.52. The SMILES string of the molecule is CC(CO)CNCC(=O)NCC1CC1. The molecule has 0 spiro atoms. The van der Waals surface area contributed by atoms with Gasteiger partial charge < -0.3 is 15.7 Å². The van der Waals surface area contributed by atoms with Crippen LogP contribution in [-0.2, 0) is 4.79 Å². The molecule has 14 heavy (non-hydrogen) atoms. The zero-order valence-electron chi connectivity index (χ0n) is 8.75. The largest absolute Gasteiger partial charge is 0.396 e. The lowest BCUT2D eigenvalue weighted by molar-refractivity contribution is -0.120. The topological polar surface area (TPSA) is 61.4 Å². The fraction of sp³-hybridized carbons (Fsp3) is 0.900. The third-order valence-corrected chi connectivity index (χ3v) is 2.37. The molecule has 1 fully saturated rings. The van der Waals surface area contributed by atoms with Crippen LogP contribution in [0.15, 0.2) is 0 Å². The van der Waals surface area contributed by atoms with E-state index in [1.807, 2.05) is 6.92 Å². The minimum absolute atomic E-state index is 0.0574. The standard InChI is InChI=1S/C10H20N2O2/c1-8(7-13)4-11-6-10(14)12-5-9-2-3-9/h8-9,11,13H,2-7H2,1H3,(H,12,14). The number of aliphatic hydroxyl groups excluding tert-OH is 1. The minimum atomic E-state index is 0.0574. The van der Waals surface area contributed by atoms with Crippen molar-refractivity contribution < 1.29 is 9.90 Å².